The number of hydrogen-bond donors (Lipinski definition) is 2. The quantitative estimate of drug-likeness (QED) is 0.280. The van der Waals surface area contributed by atoms with E-state index in [1.165, 1.54) is 38.5 Å². The third-order valence-corrected chi connectivity index (χ3v) is 8.78. The number of benzene rings is 4. The molecule has 8 nitrogen and oxygen atoms in total. The first-order valence-corrected chi connectivity index (χ1v) is 14.5. The Bertz CT molecular complexity index is 1540. The summed E-state index contributed by atoms with van der Waals surface area (Å²) in [6, 6.07) is 23.1. The molecule has 0 fully saturated rings. The van der Waals surface area contributed by atoms with Crippen molar-refractivity contribution in [2.24, 2.45) is 0 Å². The van der Waals surface area contributed by atoms with Gasteiger partial charge in [0, 0.05) is 0 Å². The highest BCUT2D eigenvalue weighted by atomic mass is 32.2. The van der Waals surface area contributed by atoms with E-state index < -0.39 is 20.0 Å². The van der Waals surface area contributed by atoms with Gasteiger partial charge in [-0.25, -0.2) is 16.8 Å². The average Bonchev–Trinajstić information content (AvgIpc) is 2.91. The molecule has 38 heavy (non-hydrogen) atoms. The molecular weight excluding hydrogens is 524 g/mol. The van der Waals surface area contributed by atoms with E-state index in [2.05, 4.69) is 9.44 Å². The lowest BCUT2D eigenvalue weighted by Gasteiger charge is -2.14. The minimum Gasteiger partial charge on any atom is -0.497 e. The van der Waals surface area contributed by atoms with E-state index in [4.69, 9.17) is 9.47 Å². The van der Waals surface area contributed by atoms with Crippen molar-refractivity contribution in [2.45, 2.75) is 23.6 Å². The number of nitrogens with one attached hydrogen (secondary N) is 2. The first-order chi connectivity index (χ1) is 18.0. The zero-order valence-electron chi connectivity index (χ0n) is 21.3. The third kappa shape index (κ3) is 5.92. The zero-order valence-corrected chi connectivity index (χ0v) is 23.0. The number of sulfonamides is 2. The maximum absolute atomic E-state index is 12.8. The summed E-state index contributed by atoms with van der Waals surface area (Å²) in [5.74, 6) is 1.14. The molecule has 10 heteroatoms. The summed E-state index contributed by atoms with van der Waals surface area (Å²) in [6.07, 6.45) is 0. The van der Waals surface area contributed by atoms with Gasteiger partial charge in [-0.2, -0.15) is 0 Å². The molecule has 0 bridgehead atoms. The monoisotopic (exact) mass is 552 g/mol. The van der Waals surface area contributed by atoms with E-state index in [1.807, 2.05) is 38.1 Å². The molecule has 0 atom stereocenters. The van der Waals surface area contributed by atoms with Crippen LogP contribution >= 0.6 is 0 Å². The number of anilines is 2. The fraction of sp³-hybridized carbons (Fsp3) is 0.143. The third-order valence-electron chi connectivity index (χ3n) is 6.01. The molecule has 0 aliphatic heterocycles. The van der Waals surface area contributed by atoms with Gasteiger partial charge in [0.25, 0.3) is 20.0 Å². The molecule has 0 unspecified atom stereocenters. The predicted molar refractivity (Wildman–Crippen MR) is 149 cm³/mol. The molecule has 4 rings (SSSR count). The van der Waals surface area contributed by atoms with E-state index in [0.717, 1.165) is 22.3 Å². The fourth-order valence-electron chi connectivity index (χ4n) is 3.83. The first-order valence-electron chi connectivity index (χ1n) is 11.6. The van der Waals surface area contributed by atoms with Gasteiger partial charge in [-0.3, -0.25) is 9.44 Å². The lowest BCUT2D eigenvalue weighted by atomic mass is 10.0. The van der Waals surface area contributed by atoms with Crippen LogP contribution in [0.5, 0.6) is 11.5 Å². The second-order valence-corrected chi connectivity index (χ2v) is 12.0. The van der Waals surface area contributed by atoms with Crippen LogP contribution in [0.25, 0.3) is 11.1 Å². The Hall–Kier alpha value is -4.02. The zero-order chi connectivity index (χ0) is 27.5. The van der Waals surface area contributed by atoms with Crippen LogP contribution in [-0.2, 0) is 20.0 Å². The van der Waals surface area contributed by atoms with Crippen molar-refractivity contribution in [1.82, 2.24) is 0 Å². The maximum Gasteiger partial charge on any atom is 0.261 e. The molecule has 0 saturated heterocycles. The van der Waals surface area contributed by atoms with Gasteiger partial charge < -0.3 is 9.47 Å². The second-order valence-electron chi connectivity index (χ2n) is 8.62. The molecule has 2 N–H and O–H groups in total. The van der Waals surface area contributed by atoms with Crippen LogP contribution in [0.1, 0.15) is 11.1 Å². The van der Waals surface area contributed by atoms with E-state index in [9.17, 15) is 16.8 Å². The van der Waals surface area contributed by atoms with Crippen molar-refractivity contribution in [3.63, 3.8) is 0 Å². The summed E-state index contributed by atoms with van der Waals surface area (Å²) in [5.41, 5.74) is 4.13. The van der Waals surface area contributed by atoms with Crippen LogP contribution in [-0.4, -0.2) is 31.1 Å². The smallest absolute Gasteiger partial charge is 0.261 e. The fourth-order valence-corrected chi connectivity index (χ4v) is 6.09. The van der Waals surface area contributed by atoms with Gasteiger partial charge in [-0.15, -0.1) is 0 Å². The Labute approximate surface area is 223 Å². The lowest BCUT2D eigenvalue weighted by Crippen LogP contribution is -2.14. The van der Waals surface area contributed by atoms with E-state index in [1.54, 1.807) is 36.4 Å². The highest BCUT2D eigenvalue weighted by Crippen LogP contribution is 2.30. The number of methoxy groups -OCH3 is 2. The number of aryl methyl sites for hydroxylation is 2. The second kappa shape index (κ2) is 10.8. The largest absolute Gasteiger partial charge is 0.497 e. The summed E-state index contributed by atoms with van der Waals surface area (Å²) in [4.78, 5) is 0.259. The van der Waals surface area contributed by atoms with Crippen molar-refractivity contribution < 1.29 is 26.3 Å². The molecule has 0 aromatic heterocycles. The average molecular weight is 553 g/mol. The molecule has 0 amide bonds. The van der Waals surface area contributed by atoms with Crippen LogP contribution in [0.15, 0.2) is 94.7 Å². The molecule has 0 heterocycles. The van der Waals surface area contributed by atoms with Crippen LogP contribution < -0.4 is 18.9 Å². The summed E-state index contributed by atoms with van der Waals surface area (Å²) < 4.78 is 66.7. The number of rotatable bonds is 9. The standard InChI is InChI=1S/C28H28N2O6S2/c1-19-17-21(5-15-27(19)29-37(31,32)25-11-7-23(35-3)8-12-25)22-6-16-28(20(2)18-22)30-38(33,34)26-13-9-24(36-4)10-14-26/h5-18,29-30H,1-4H3. The van der Waals surface area contributed by atoms with Crippen molar-refractivity contribution in [3.8, 4) is 22.6 Å². The van der Waals surface area contributed by atoms with Crippen LogP contribution in [0.4, 0.5) is 11.4 Å². The van der Waals surface area contributed by atoms with Crippen molar-refractivity contribution in [3.05, 3.63) is 96.1 Å². The number of hydrogen-bond acceptors (Lipinski definition) is 6. The van der Waals surface area contributed by atoms with Crippen molar-refractivity contribution in [2.75, 3.05) is 23.7 Å². The van der Waals surface area contributed by atoms with E-state index >= 15 is 0 Å². The molecule has 4 aromatic carbocycles. The SMILES string of the molecule is COc1ccc(S(=O)(=O)Nc2ccc(-c3ccc(NS(=O)(=O)c4ccc(OC)cc4)c(C)c3)cc2C)cc1. The normalized spacial score (nSPS) is 11.6. The van der Waals surface area contributed by atoms with Gasteiger partial charge in [-0.05, 0) is 109 Å². The summed E-state index contributed by atoms with van der Waals surface area (Å²) in [6.45, 7) is 3.64. The van der Waals surface area contributed by atoms with Crippen LogP contribution in [0.2, 0.25) is 0 Å². The van der Waals surface area contributed by atoms with Gasteiger partial charge >= 0.3 is 0 Å². The minimum atomic E-state index is -3.77. The number of ether oxygens (including phenoxy) is 2. The van der Waals surface area contributed by atoms with Crippen LogP contribution in [0, 0.1) is 13.8 Å². The highest BCUT2D eigenvalue weighted by molar-refractivity contribution is 7.93. The predicted octanol–water partition coefficient (Wildman–Crippen LogP) is 5.59. The van der Waals surface area contributed by atoms with Gasteiger partial charge in [-0.1, -0.05) is 12.1 Å². The summed E-state index contributed by atoms with van der Waals surface area (Å²) in [7, 11) is -4.51. The molecule has 0 saturated carbocycles. The Morgan fingerprint density at radius 1 is 0.526 bits per heavy atom. The topological polar surface area (TPSA) is 111 Å². The Balaban J connectivity index is 1.53. The molecule has 0 radical (unpaired) electrons. The van der Waals surface area contributed by atoms with Gasteiger partial charge in [0.15, 0.2) is 0 Å². The van der Waals surface area contributed by atoms with Crippen molar-refractivity contribution in [1.29, 1.82) is 0 Å². The molecule has 0 spiro atoms. The van der Waals surface area contributed by atoms with Gasteiger partial charge in [0.1, 0.15) is 11.5 Å². The van der Waals surface area contributed by atoms with E-state index in [-0.39, 0.29) is 9.79 Å². The highest BCUT2D eigenvalue weighted by Gasteiger charge is 2.17. The molecule has 0 aliphatic rings. The minimum absolute atomic E-state index is 0.130. The Morgan fingerprint density at radius 2 is 0.868 bits per heavy atom. The van der Waals surface area contributed by atoms with Crippen molar-refractivity contribution >= 4 is 31.4 Å². The lowest BCUT2D eigenvalue weighted by molar-refractivity contribution is 0.414. The maximum atomic E-state index is 12.8. The van der Waals surface area contributed by atoms with E-state index in [0.29, 0.717) is 22.9 Å². The van der Waals surface area contributed by atoms with Crippen LogP contribution in [0.3, 0.4) is 0 Å². The van der Waals surface area contributed by atoms with Gasteiger partial charge in [0.2, 0.25) is 0 Å². The molecule has 4 aromatic rings. The Morgan fingerprint density at radius 3 is 1.16 bits per heavy atom. The first kappa shape index (κ1) is 27.0. The molecular formula is C28H28N2O6S2. The Kier molecular flexibility index (Phi) is 7.66. The molecule has 198 valence electrons. The summed E-state index contributed by atoms with van der Waals surface area (Å²) >= 11 is 0. The van der Waals surface area contributed by atoms with Gasteiger partial charge in [0.05, 0.1) is 35.4 Å². The summed E-state index contributed by atoms with van der Waals surface area (Å²) in [5, 5.41) is 0. The molecule has 0 aliphatic carbocycles.